The fraction of sp³-hybridized carbons (Fsp3) is 0.318. The molecule has 2 heterocycles. The topological polar surface area (TPSA) is 81.1 Å². The van der Waals surface area contributed by atoms with Crippen LogP contribution < -0.4 is 15.4 Å². The Morgan fingerprint density at radius 2 is 2.00 bits per heavy atom. The predicted octanol–water partition coefficient (Wildman–Crippen LogP) is 3.76. The van der Waals surface area contributed by atoms with Crippen LogP contribution in [0.5, 0.6) is 5.75 Å². The zero-order chi connectivity index (χ0) is 20.1. The van der Waals surface area contributed by atoms with Gasteiger partial charge in [-0.1, -0.05) is 35.5 Å². The van der Waals surface area contributed by atoms with Crippen LogP contribution >= 0.6 is 12.4 Å². The van der Waals surface area contributed by atoms with Gasteiger partial charge in [-0.15, -0.1) is 17.5 Å². The Hall–Kier alpha value is -2.90. The molecule has 7 nitrogen and oxygen atoms in total. The second-order valence-electron chi connectivity index (χ2n) is 7.26. The number of hydrogen-bond donors (Lipinski definition) is 2. The number of carbonyl (C=O) groups is 1. The molecule has 2 aromatic carbocycles. The highest BCUT2D eigenvalue weighted by molar-refractivity contribution is 6.02. The maximum absolute atomic E-state index is 12.6. The normalized spacial score (nSPS) is 14.0. The first-order valence-electron chi connectivity index (χ1n) is 9.90. The Morgan fingerprint density at radius 3 is 2.80 bits per heavy atom. The summed E-state index contributed by atoms with van der Waals surface area (Å²) in [5, 5.41) is 14.4. The van der Waals surface area contributed by atoms with Crippen LogP contribution in [0.4, 0.5) is 5.69 Å². The Balaban J connectivity index is 0.00000256. The number of aromatic nitrogens is 3. The van der Waals surface area contributed by atoms with Gasteiger partial charge in [0.05, 0.1) is 12.2 Å². The molecule has 3 aromatic rings. The maximum atomic E-state index is 12.6. The van der Waals surface area contributed by atoms with E-state index in [1.165, 1.54) is 5.56 Å². The molecular formula is C22H26ClN5O2. The number of nitrogens with zero attached hydrogens (tertiary/aromatic N) is 3. The number of piperidine rings is 1. The lowest BCUT2D eigenvalue weighted by Crippen LogP contribution is -2.29. The van der Waals surface area contributed by atoms with Crippen molar-refractivity contribution in [3.05, 3.63) is 71.5 Å². The first kappa shape index (κ1) is 21.8. The second-order valence-corrected chi connectivity index (χ2v) is 7.26. The van der Waals surface area contributed by atoms with Crippen LogP contribution in [0.15, 0.2) is 54.7 Å². The van der Waals surface area contributed by atoms with Gasteiger partial charge >= 0.3 is 0 Å². The number of rotatable bonds is 6. The largest absolute Gasteiger partial charge is 0.489 e. The van der Waals surface area contributed by atoms with Gasteiger partial charge in [-0.3, -0.25) is 4.79 Å². The fourth-order valence-electron chi connectivity index (χ4n) is 3.42. The third-order valence-corrected chi connectivity index (χ3v) is 5.17. The van der Waals surface area contributed by atoms with E-state index in [0.29, 0.717) is 29.8 Å². The van der Waals surface area contributed by atoms with Crippen LogP contribution in [0.2, 0.25) is 0 Å². The van der Waals surface area contributed by atoms with Crippen LogP contribution in [0.3, 0.4) is 0 Å². The first-order valence-corrected chi connectivity index (χ1v) is 9.90. The minimum atomic E-state index is -0.277. The van der Waals surface area contributed by atoms with Gasteiger partial charge in [0.25, 0.3) is 5.91 Å². The fourth-order valence-corrected chi connectivity index (χ4v) is 3.42. The van der Waals surface area contributed by atoms with Gasteiger partial charge in [0.1, 0.15) is 12.4 Å². The van der Waals surface area contributed by atoms with Crippen molar-refractivity contribution in [2.75, 3.05) is 18.4 Å². The average molecular weight is 428 g/mol. The van der Waals surface area contributed by atoms with Crippen LogP contribution in [0, 0.1) is 6.92 Å². The average Bonchev–Trinajstić information content (AvgIpc) is 3.25. The van der Waals surface area contributed by atoms with Crippen molar-refractivity contribution < 1.29 is 9.53 Å². The number of halogens is 1. The summed E-state index contributed by atoms with van der Waals surface area (Å²) in [4.78, 5) is 12.6. The molecule has 0 aliphatic carbocycles. The monoisotopic (exact) mass is 427 g/mol. The molecule has 1 aromatic heterocycles. The summed E-state index contributed by atoms with van der Waals surface area (Å²) in [6, 6.07) is 15.8. The molecule has 1 aliphatic rings. The molecule has 4 rings (SSSR count). The highest BCUT2D eigenvalue weighted by Crippen LogP contribution is 2.21. The van der Waals surface area contributed by atoms with E-state index in [0.717, 1.165) is 31.5 Å². The van der Waals surface area contributed by atoms with E-state index in [4.69, 9.17) is 4.74 Å². The number of hydrogen-bond acceptors (Lipinski definition) is 5. The van der Waals surface area contributed by atoms with Crippen molar-refractivity contribution in [1.29, 1.82) is 0 Å². The Morgan fingerprint density at radius 1 is 1.20 bits per heavy atom. The lowest BCUT2D eigenvalue weighted by atomic mass is 10.1. The van der Waals surface area contributed by atoms with Crippen molar-refractivity contribution >= 4 is 24.0 Å². The molecule has 0 atom stereocenters. The molecule has 1 fully saturated rings. The molecule has 0 radical (unpaired) electrons. The number of ether oxygens (including phenoxy) is 1. The third kappa shape index (κ3) is 5.37. The molecule has 0 bridgehead atoms. The van der Waals surface area contributed by atoms with Crippen molar-refractivity contribution in [1.82, 2.24) is 20.3 Å². The first-order chi connectivity index (χ1) is 14.2. The minimum Gasteiger partial charge on any atom is -0.489 e. The zero-order valence-corrected chi connectivity index (χ0v) is 17.7. The minimum absolute atomic E-state index is 0. The highest BCUT2D eigenvalue weighted by Gasteiger charge is 2.19. The molecule has 1 saturated heterocycles. The lowest BCUT2D eigenvalue weighted by Gasteiger charge is -2.22. The van der Waals surface area contributed by atoms with Crippen molar-refractivity contribution in [3.8, 4) is 5.75 Å². The summed E-state index contributed by atoms with van der Waals surface area (Å²) in [6.07, 6.45) is 3.71. The summed E-state index contributed by atoms with van der Waals surface area (Å²) < 4.78 is 7.70. The van der Waals surface area contributed by atoms with Crippen LogP contribution in [-0.4, -0.2) is 34.0 Å². The molecule has 1 amide bonds. The van der Waals surface area contributed by atoms with Crippen molar-refractivity contribution in [2.45, 2.75) is 32.4 Å². The zero-order valence-electron chi connectivity index (χ0n) is 16.9. The Bertz CT molecular complexity index is 985. The Labute approximate surface area is 182 Å². The standard InChI is InChI=1S/C22H25N5O2.ClH/c1-16-5-2-3-6-17(16)15-29-20-8-4-7-18(13-20)24-22(28)21-14-27(26-25-21)19-9-11-23-12-10-19;/h2-8,13-14,19,23H,9-12,15H2,1H3,(H,24,28);1H. The molecule has 0 spiro atoms. The number of amides is 1. The van der Waals surface area contributed by atoms with Crippen LogP contribution in [-0.2, 0) is 6.61 Å². The van der Waals surface area contributed by atoms with E-state index in [2.05, 4.69) is 33.9 Å². The highest BCUT2D eigenvalue weighted by atomic mass is 35.5. The number of benzene rings is 2. The van der Waals surface area contributed by atoms with Gasteiger partial charge in [-0.05, 0) is 56.1 Å². The molecule has 30 heavy (non-hydrogen) atoms. The summed E-state index contributed by atoms with van der Waals surface area (Å²) in [6.45, 7) is 4.46. The third-order valence-electron chi connectivity index (χ3n) is 5.17. The number of anilines is 1. The van der Waals surface area contributed by atoms with Gasteiger partial charge < -0.3 is 15.4 Å². The lowest BCUT2D eigenvalue weighted by molar-refractivity contribution is 0.102. The Kier molecular flexibility index (Phi) is 7.43. The van der Waals surface area contributed by atoms with E-state index < -0.39 is 0 Å². The van der Waals surface area contributed by atoms with Crippen LogP contribution in [0.25, 0.3) is 0 Å². The van der Waals surface area contributed by atoms with E-state index in [1.54, 1.807) is 10.9 Å². The summed E-state index contributed by atoms with van der Waals surface area (Å²) in [5.41, 5.74) is 3.30. The van der Waals surface area contributed by atoms with Crippen molar-refractivity contribution in [3.63, 3.8) is 0 Å². The smallest absolute Gasteiger partial charge is 0.277 e. The van der Waals surface area contributed by atoms with Gasteiger partial charge in [0.2, 0.25) is 0 Å². The number of carbonyl (C=O) groups excluding carboxylic acids is 1. The molecule has 2 N–H and O–H groups in total. The van der Waals surface area contributed by atoms with Gasteiger partial charge in [-0.2, -0.15) is 0 Å². The molecule has 158 valence electrons. The summed E-state index contributed by atoms with van der Waals surface area (Å²) >= 11 is 0. The van der Waals surface area contributed by atoms with Crippen molar-refractivity contribution in [2.24, 2.45) is 0 Å². The van der Waals surface area contributed by atoms with Gasteiger partial charge in [0.15, 0.2) is 5.69 Å². The molecule has 0 saturated carbocycles. The maximum Gasteiger partial charge on any atom is 0.277 e. The van der Waals surface area contributed by atoms with Crippen LogP contribution in [0.1, 0.15) is 40.5 Å². The quantitative estimate of drug-likeness (QED) is 0.626. The van der Waals surface area contributed by atoms with E-state index in [1.807, 2.05) is 42.5 Å². The molecule has 1 aliphatic heterocycles. The van der Waals surface area contributed by atoms with E-state index in [-0.39, 0.29) is 18.3 Å². The van der Waals surface area contributed by atoms with E-state index in [9.17, 15) is 4.79 Å². The SMILES string of the molecule is Cc1ccccc1COc1cccc(NC(=O)c2cn(C3CCNCC3)nn2)c1.Cl. The summed E-state index contributed by atoms with van der Waals surface area (Å²) in [7, 11) is 0. The van der Waals surface area contributed by atoms with E-state index >= 15 is 0 Å². The predicted molar refractivity (Wildman–Crippen MR) is 118 cm³/mol. The summed E-state index contributed by atoms with van der Waals surface area (Å²) in [5.74, 6) is 0.422. The molecule has 8 heteroatoms. The van der Waals surface area contributed by atoms with Gasteiger partial charge in [0, 0.05) is 11.8 Å². The molecular weight excluding hydrogens is 402 g/mol. The van der Waals surface area contributed by atoms with Gasteiger partial charge in [-0.25, -0.2) is 4.68 Å². The molecule has 0 unspecified atom stereocenters. The second kappa shape index (κ2) is 10.2. The number of aryl methyl sites for hydroxylation is 1. The number of nitrogens with one attached hydrogen (secondary N) is 2.